The third-order valence-electron chi connectivity index (χ3n) is 3.18. The monoisotopic (exact) mass is 243 g/mol. The Kier molecular flexibility index (Phi) is 2.70. The molecule has 0 amide bonds. The summed E-state index contributed by atoms with van der Waals surface area (Å²) >= 11 is 0. The Balaban J connectivity index is 2.03. The molecule has 0 saturated heterocycles. The molecule has 0 bridgehead atoms. The number of hydrogen-bond acceptors (Lipinski definition) is 2. The number of fused-ring (bicyclic) bond motifs is 1. The van der Waals surface area contributed by atoms with Gasteiger partial charge in [0.15, 0.2) is 17.8 Å². The van der Waals surface area contributed by atoms with E-state index in [1.807, 2.05) is 43.3 Å². The van der Waals surface area contributed by atoms with E-state index < -0.39 is 6.17 Å². The summed E-state index contributed by atoms with van der Waals surface area (Å²) in [6, 6.07) is 9.85. The van der Waals surface area contributed by atoms with Gasteiger partial charge in [0.1, 0.15) is 0 Å². The largest absolute Gasteiger partial charge is 0.239 e. The van der Waals surface area contributed by atoms with Crippen molar-refractivity contribution in [2.45, 2.75) is 25.6 Å². The van der Waals surface area contributed by atoms with Crippen molar-refractivity contribution < 1.29 is 4.39 Å². The zero-order chi connectivity index (χ0) is 12.5. The number of halogens is 1. The van der Waals surface area contributed by atoms with Crippen LogP contribution in [0, 0.1) is 0 Å². The van der Waals surface area contributed by atoms with Crippen molar-refractivity contribution in [1.29, 1.82) is 0 Å². The highest BCUT2D eigenvalue weighted by atomic mass is 19.1. The van der Waals surface area contributed by atoms with E-state index in [0.29, 0.717) is 18.1 Å². The van der Waals surface area contributed by atoms with Crippen molar-refractivity contribution in [2.24, 2.45) is 0 Å². The molecule has 3 rings (SSSR count). The zero-order valence-corrected chi connectivity index (χ0v) is 10.1. The van der Waals surface area contributed by atoms with Crippen molar-refractivity contribution in [3.05, 3.63) is 53.6 Å². The smallest absolute Gasteiger partial charge is 0.173 e. The van der Waals surface area contributed by atoms with Crippen LogP contribution in [0.5, 0.6) is 0 Å². The third kappa shape index (κ3) is 1.74. The van der Waals surface area contributed by atoms with Gasteiger partial charge in [-0.3, -0.25) is 0 Å². The van der Waals surface area contributed by atoms with Crippen LogP contribution in [0.15, 0.2) is 36.4 Å². The van der Waals surface area contributed by atoms with Gasteiger partial charge in [-0.15, -0.1) is 0 Å². The van der Waals surface area contributed by atoms with Crippen molar-refractivity contribution in [2.75, 3.05) is 0 Å². The number of aromatic nitrogens is 3. The summed E-state index contributed by atoms with van der Waals surface area (Å²) in [6.07, 6.45) is 3.05. The first kappa shape index (κ1) is 11.1. The number of allylic oxidation sites excluding steroid dienone is 1. The summed E-state index contributed by atoms with van der Waals surface area (Å²) in [6.45, 7) is 1.90. The van der Waals surface area contributed by atoms with Gasteiger partial charge in [0, 0.05) is 6.42 Å². The standard InChI is InChI=1S/C14H14FN3/c1-2-6-13-16-14-11(15)9-12(18(14)17-13)10-7-4-3-5-8-10/h2-8,11-12H,9H2,1H3/b6-2+/t11-,12-/m0/s1. The molecule has 0 radical (unpaired) electrons. The molecule has 3 nitrogen and oxygen atoms in total. The van der Waals surface area contributed by atoms with Gasteiger partial charge in [-0.05, 0) is 18.6 Å². The van der Waals surface area contributed by atoms with E-state index in [9.17, 15) is 4.39 Å². The van der Waals surface area contributed by atoms with Crippen LogP contribution in [-0.2, 0) is 0 Å². The van der Waals surface area contributed by atoms with Crippen molar-refractivity contribution in [1.82, 2.24) is 14.8 Å². The summed E-state index contributed by atoms with van der Waals surface area (Å²) in [5, 5.41) is 4.37. The molecular weight excluding hydrogens is 229 g/mol. The topological polar surface area (TPSA) is 30.7 Å². The maximum absolute atomic E-state index is 14.0. The maximum atomic E-state index is 14.0. The van der Waals surface area contributed by atoms with E-state index in [2.05, 4.69) is 10.1 Å². The van der Waals surface area contributed by atoms with Crippen LogP contribution in [0.25, 0.3) is 6.08 Å². The Labute approximate surface area is 105 Å². The van der Waals surface area contributed by atoms with E-state index in [0.717, 1.165) is 5.56 Å². The highest BCUT2D eigenvalue weighted by Gasteiger charge is 2.34. The van der Waals surface area contributed by atoms with Crippen LogP contribution in [0.1, 0.15) is 42.8 Å². The van der Waals surface area contributed by atoms with E-state index >= 15 is 0 Å². The predicted octanol–water partition coefficient (Wildman–Crippen LogP) is 3.31. The average molecular weight is 243 g/mol. The molecule has 4 heteroatoms. The molecule has 1 aromatic heterocycles. The Hall–Kier alpha value is -1.97. The second-order valence-corrected chi connectivity index (χ2v) is 4.40. The van der Waals surface area contributed by atoms with Crippen LogP contribution in [-0.4, -0.2) is 14.8 Å². The van der Waals surface area contributed by atoms with Gasteiger partial charge in [-0.1, -0.05) is 36.4 Å². The van der Waals surface area contributed by atoms with Crippen molar-refractivity contribution in [3.8, 4) is 0 Å². The number of nitrogens with zero attached hydrogens (tertiary/aromatic N) is 3. The minimum atomic E-state index is -1.03. The van der Waals surface area contributed by atoms with Gasteiger partial charge in [-0.25, -0.2) is 14.1 Å². The number of rotatable bonds is 2. The summed E-state index contributed by atoms with van der Waals surface area (Å²) in [4.78, 5) is 4.23. The lowest BCUT2D eigenvalue weighted by atomic mass is 10.0. The van der Waals surface area contributed by atoms with Crippen LogP contribution >= 0.6 is 0 Å². The van der Waals surface area contributed by atoms with Crippen LogP contribution in [0.3, 0.4) is 0 Å². The first-order valence-corrected chi connectivity index (χ1v) is 6.07. The normalized spacial score (nSPS) is 22.6. The Bertz CT molecular complexity index is 574. The van der Waals surface area contributed by atoms with Gasteiger partial charge in [0.05, 0.1) is 6.04 Å². The molecule has 2 atom stereocenters. The van der Waals surface area contributed by atoms with Gasteiger partial charge >= 0.3 is 0 Å². The molecular formula is C14H14FN3. The van der Waals surface area contributed by atoms with Crippen LogP contribution in [0.2, 0.25) is 0 Å². The molecule has 0 N–H and O–H groups in total. The lowest BCUT2D eigenvalue weighted by Gasteiger charge is -2.11. The van der Waals surface area contributed by atoms with Crippen LogP contribution < -0.4 is 0 Å². The van der Waals surface area contributed by atoms with Gasteiger partial charge < -0.3 is 0 Å². The highest BCUT2D eigenvalue weighted by molar-refractivity contribution is 5.39. The molecule has 0 saturated carbocycles. The molecule has 0 spiro atoms. The fraction of sp³-hybridized carbons (Fsp3) is 0.286. The summed E-state index contributed by atoms with van der Waals surface area (Å²) in [7, 11) is 0. The summed E-state index contributed by atoms with van der Waals surface area (Å²) in [5.74, 6) is 1.02. The lowest BCUT2D eigenvalue weighted by Crippen LogP contribution is -2.07. The minimum Gasteiger partial charge on any atom is -0.239 e. The van der Waals surface area contributed by atoms with Gasteiger partial charge in [-0.2, -0.15) is 5.10 Å². The molecule has 2 heterocycles. The molecule has 2 aromatic rings. The second-order valence-electron chi connectivity index (χ2n) is 4.40. The molecule has 1 aliphatic heterocycles. The molecule has 1 aromatic carbocycles. The van der Waals surface area contributed by atoms with E-state index in [1.54, 1.807) is 10.8 Å². The summed E-state index contributed by atoms with van der Waals surface area (Å²) < 4.78 is 15.7. The van der Waals surface area contributed by atoms with Gasteiger partial charge in [0.2, 0.25) is 0 Å². The van der Waals surface area contributed by atoms with E-state index in [-0.39, 0.29) is 6.04 Å². The van der Waals surface area contributed by atoms with Gasteiger partial charge in [0.25, 0.3) is 0 Å². The highest BCUT2D eigenvalue weighted by Crippen LogP contribution is 2.39. The lowest BCUT2D eigenvalue weighted by molar-refractivity contribution is 0.328. The first-order chi connectivity index (χ1) is 8.79. The molecule has 1 aliphatic rings. The number of hydrogen-bond donors (Lipinski definition) is 0. The third-order valence-corrected chi connectivity index (χ3v) is 3.18. The fourth-order valence-electron chi connectivity index (χ4n) is 2.37. The Morgan fingerprint density at radius 2 is 2.11 bits per heavy atom. The van der Waals surface area contributed by atoms with Crippen molar-refractivity contribution in [3.63, 3.8) is 0 Å². The quantitative estimate of drug-likeness (QED) is 0.810. The predicted molar refractivity (Wildman–Crippen MR) is 67.8 cm³/mol. The van der Waals surface area contributed by atoms with Crippen LogP contribution in [0.4, 0.5) is 4.39 Å². The zero-order valence-electron chi connectivity index (χ0n) is 10.1. The molecule has 0 unspecified atom stereocenters. The molecule has 92 valence electrons. The second kappa shape index (κ2) is 4.37. The number of alkyl halides is 1. The summed E-state index contributed by atoms with van der Waals surface area (Å²) in [5.41, 5.74) is 1.08. The SMILES string of the molecule is C/C=C/c1nc2n(n1)[C@H](c1ccccc1)C[C@@H]2F. The molecule has 18 heavy (non-hydrogen) atoms. The molecule has 0 fully saturated rings. The van der Waals surface area contributed by atoms with Crippen molar-refractivity contribution >= 4 is 6.08 Å². The van der Waals surface area contributed by atoms with E-state index in [4.69, 9.17) is 0 Å². The minimum absolute atomic E-state index is 0.0392. The Morgan fingerprint density at radius 1 is 1.33 bits per heavy atom. The fourth-order valence-corrected chi connectivity index (χ4v) is 2.37. The first-order valence-electron chi connectivity index (χ1n) is 6.07. The average Bonchev–Trinajstić information content (AvgIpc) is 2.92. The maximum Gasteiger partial charge on any atom is 0.173 e. The van der Waals surface area contributed by atoms with E-state index in [1.165, 1.54) is 0 Å². The molecule has 0 aliphatic carbocycles. The Morgan fingerprint density at radius 3 is 2.83 bits per heavy atom. The number of benzene rings is 1.